The Balaban J connectivity index is 1.56. The first kappa shape index (κ1) is 20.5. The number of nitrogens with zero attached hydrogens (tertiary/aromatic N) is 2. The number of rotatable bonds is 7. The van der Waals surface area contributed by atoms with Crippen molar-refractivity contribution in [3.8, 4) is 5.75 Å². The van der Waals surface area contributed by atoms with Crippen LogP contribution in [-0.2, 0) is 4.74 Å². The third-order valence-corrected chi connectivity index (χ3v) is 5.06. The summed E-state index contributed by atoms with van der Waals surface area (Å²) in [5.41, 5.74) is 5.04. The van der Waals surface area contributed by atoms with Crippen LogP contribution in [0.4, 0.5) is 0 Å². The maximum Gasteiger partial charge on any atom is 0.187 e. The summed E-state index contributed by atoms with van der Waals surface area (Å²) >= 11 is 5.36. The third kappa shape index (κ3) is 5.64. The van der Waals surface area contributed by atoms with Gasteiger partial charge in [0.05, 0.1) is 26.0 Å². The van der Waals surface area contributed by atoms with Gasteiger partial charge in [-0.05, 0) is 53.2 Å². The van der Waals surface area contributed by atoms with Crippen LogP contribution in [0.2, 0.25) is 0 Å². The van der Waals surface area contributed by atoms with Crippen LogP contribution < -0.4 is 15.5 Å². The Morgan fingerprint density at radius 3 is 2.68 bits per heavy atom. The number of benzene rings is 2. The number of hydrogen-bond donors (Lipinski definition) is 2. The highest BCUT2D eigenvalue weighted by Crippen LogP contribution is 2.22. The Labute approximate surface area is 171 Å². The van der Waals surface area contributed by atoms with E-state index in [2.05, 4.69) is 51.9 Å². The highest BCUT2D eigenvalue weighted by molar-refractivity contribution is 7.80. The van der Waals surface area contributed by atoms with Gasteiger partial charge in [-0.15, -0.1) is 0 Å². The van der Waals surface area contributed by atoms with E-state index >= 15 is 0 Å². The quantitative estimate of drug-likeness (QED) is 0.423. The van der Waals surface area contributed by atoms with Gasteiger partial charge >= 0.3 is 0 Å². The summed E-state index contributed by atoms with van der Waals surface area (Å²) in [7, 11) is 1.68. The number of nitrogens with one attached hydrogen (secondary N) is 2. The predicted molar refractivity (Wildman–Crippen MR) is 118 cm³/mol. The smallest absolute Gasteiger partial charge is 0.187 e. The number of ether oxygens (including phenoxy) is 2. The number of hydrazone groups is 1. The van der Waals surface area contributed by atoms with E-state index in [9.17, 15) is 0 Å². The first-order valence-corrected chi connectivity index (χ1v) is 10.1. The van der Waals surface area contributed by atoms with Gasteiger partial charge in [0.1, 0.15) is 5.75 Å². The second kappa shape index (κ2) is 10.4. The number of hydrogen-bond acceptors (Lipinski definition) is 5. The monoisotopic (exact) mass is 400 g/mol. The molecule has 2 aromatic carbocycles. The maximum atomic E-state index is 5.36. The lowest BCUT2D eigenvalue weighted by molar-refractivity contribution is 0.0389. The van der Waals surface area contributed by atoms with Crippen molar-refractivity contribution >= 4 is 33.8 Å². The summed E-state index contributed by atoms with van der Waals surface area (Å²) in [6, 6.07) is 12.4. The molecule has 0 bridgehead atoms. The topological polar surface area (TPSA) is 58.1 Å². The predicted octanol–water partition coefficient (Wildman–Crippen LogP) is 2.76. The lowest BCUT2D eigenvalue weighted by Crippen LogP contribution is -2.43. The van der Waals surface area contributed by atoms with Crippen LogP contribution in [0.1, 0.15) is 18.9 Å². The molecule has 2 N–H and O–H groups in total. The van der Waals surface area contributed by atoms with E-state index in [-0.39, 0.29) is 0 Å². The van der Waals surface area contributed by atoms with E-state index in [1.54, 1.807) is 7.11 Å². The third-order valence-electron chi connectivity index (χ3n) is 4.83. The highest BCUT2D eigenvalue weighted by atomic mass is 32.1. The lowest BCUT2D eigenvalue weighted by atomic mass is 10.0. The van der Waals surface area contributed by atoms with Crippen LogP contribution in [0.25, 0.3) is 10.8 Å². The zero-order valence-electron chi connectivity index (χ0n) is 16.5. The van der Waals surface area contributed by atoms with Crippen LogP contribution in [0.15, 0.2) is 41.5 Å². The molecule has 0 aromatic heterocycles. The summed E-state index contributed by atoms with van der Waals surface area (Å²) < 4.78 is 10.7. The van der Waals surface area contributed by atoms with Crippen LogP contribution in [0, 0.1) is 0 Å². The first-order valence-electron chi connectivity index (χ1n) is 9.68. The molecule has 0 atom stereocenters. The van der Waals surface area contributed by atoms with Crippen molar-refractivity contribution in [3.63, 3.8) is 0 Å². The Bertz CT molecular complexity index is 834. The molecule has 1 heterocycles. The minimum atomic E-state index is 0.546. The zero-order valence-corrected chi connectivity index (χ0v) is 17.3. The van der Waals surface area contributed by atoms with Gasteiger partial charge in [0.15, 0.2) is 5.11 Å². The van der Waals surface area contributed by atoms with Gasteiger partial charge in [-0.25, -0.2) is 0 Å². The van der Waals surface area contributed by atoms with Crippen LogP contribution >= 0.6 is 12.2 Å². The molecule has 1 fully saturated rings. The molecule has 150 valence electrons. The summed E-state index contributed by atoms with van der Waals surface area (Å²) in [5.74, 6) is 0.861. The van der Waals surface area contributed by atoms with Gasteiger partial charge < -0.3 is 14.8 Å². The Morgan fingerprint density at radius 2 is 1.93 bits per heavy atom. The van der Waals surface area contributed by atoms with Crippen LogP contribution in [0.3, 0.4) is 0 Å². The summed E-state index contributed by atoms with van der Waals surface area (Å²) in [5, 5.41) is 10.6. The summed E-state index contributed by atoms with van der Waals surface area (Å²) in [6.45, 7) is 7.41. The fraction of sp³-hybridized carbons (Fsp3) is 0.429. The maximum absolute atomic E-state index is 5.36. The zero-order chi connectivity index (χ0) is 19.8. The van der Waals surface area contributed by atoms with Crippen molar-refractivity contribution in [2.24, 2.45) is 5.10 Å². The first-order chi connectivity index (χ1) is 13.7. The molecule has 28 heavy (non-hydrogen) atoms. The summed E-state index contributed by atoms with van der Waals surface area (Å²) in [6.07, 6.45) is 0.811. The number of morpholine rings is 1. The van der Waals surface area contributed by atoms with Crippen LogP contribution in [0.5, 0.6) is 5.75 Å². The standard InChI is InChI=1S/C21H28N4O2S/c1-3-20(18-5-4-17-15-19(26-2)7-6-16(17)14-18)23-24-21(28)22-8-9-25-10-12-27-13-11-25/h4-7,14-15H,3,8-13H2,1-2H3,(H2,22,24,28)/b23-20-. The molecule has 0 radical (unpaired) electrons. The largest absolute Gasteiger partial charge is 0.497 e. The molecule has 0 spiro atoms. The number of fused-ring (bicyclic) bond motifs is 1. The Morgan fingerprint density at radius 1 is 1.18 bits per heavy atom. The molecular formula is C21H28N4O2S. The van der Waals surface area contributed by atoms with Crippen molar-refractivity contribution in [2.75, 3.05) is 46.5 Å². The van der Waals surface area contributed by atoms with E-state index in [1.165, 1.54) is 0 Å². The van der Waals surface area contributed by atoms with Crippen molar-refractivity contribution in [2.45, 2.75) is 13.3 Å². The second-order valence-electron chi connectivity index (χ2n) is 6.66. The van der Waals surface area contributed by atoms with E-state index in [0.717, 1.165) is 73.6 Å². The average Bonchev–Trinajstić information content (AvgIpc) is 2.74. The van der Waals surface area contributed by atoms with E-state index in [1.807, 2.05) is 12.1 Å². The fourth-order valence-electron chi connectivity index (χ4n) is 3.19. The van der Waals surface area contributed by atoms with E-state index in [4.69, 9.17) is 21.7 Å². The average molecular weight is 401 g/mol. The molecule has 0 aliphatic carbocycles. The van der Waals surface area contributed by atoms with Crippen molar-refractivity contribution in [3.05, 3.63) is 42.0 Å². The molecule has 7 heteroatoms. The minimum Gasteiger partial charge on any atom is -0.497 e. The molecule has 2 aromatic rings. The van der Waals surface area contributed by atoms with Gasteiger partial charge in [-0.3, -0.25) is 10.3 Å². The van der Waals surface area contributed by atoms with E-state index < -0.39 is 0 Å². The molecule has 3 rings (SSSR count). The van der Waals surface area contributed by atoms with E-state index in [0.29, 0.717) is 5.11 Å². The normalized spacial score (nSPS) is 15.4. The van der Waals surface area contributed by atoms with Crippen molar-refractivity contribution in [1.82, 2.24) is 15.6 Å². The SMILES string of the molecule is CC/C(=N/NC(=S)NCCN1CCOCC1)c1ccc2cc(OC)ccc2c1. The lowest BCUT2D eigenvalue weighted by Gasteiger charge is -2.26. The molecule has 1 aliphatic heterocycles. The molecule has 0 unspecified atom stereocenters. The summed E-state index contributed by atoms with van der Waals surface area (Å²) in [4.78, 5) is 2.37. The minimum absolute atomic E-state index is 0.546. The van der Waals surface area contributed by atoms with Crippen molar-refractivity contribution < 1.29 is 9.47 Å². The molecule has 1 aliphatic rings. The highest BCUT2D eigenvalue weighted by Gasteiger charge is 2.09. The van der Waals surface area contributed by atoms with Gasteiger partial charge in [-0.1, -0.05) is 25.1 Å². The number of methoxy groups -OCH3 is 1. The fourth-order valence-corrected chi connectivity index (χ4v) is 3.34. The molecule has 1 saturated heterocycles. The van der Waals surface area contributed by atoms with Gasteiger partial charge in [0, 0.05) is 26.2 Å². The van der Waals surface area contributed by atoms with Crippen molar-refractivity contribution in [1.29, 1.82) is 0 Å². The van der Waals surface area contributed by atoms with Gasteiger partial charge in [-0.2, -0.15) is 5.10 Å². The Hall–Kier alpha value is -2.22. The molecule has 0 saturated carbocycles. The molecular weight excluding hydrogens is 372 g/mol. The second-order valence-corrected chi connectivity index (χ2v) is 7.07. The molecule has 0 amide bonds. The number of thiocarbonyl (C=S) groups is 1. The Kier molecular flexibility index (Phi) is 7.59. The van der Waals surface area contributed by atoms with Crippen LogP contribution in [-0.4, -0.2) is 62.2 Å². The van der Waals surface area contributed by atoms with Gasteiger partial charge in [0.2, 0.25) is 0 Å². The molecule has 6 nitrogen and oxygen atoms in total. The van der Waals surface area contributed by atoms with Gasteiger partial charge in [0.25, 0.3) is 0 Å².